The van der Waals surface area contributed by atoms with Crippen LogP contribution >= 0.6 is 11.6 Å². The van der Waals surface area contributed by atoms with Crippen molar-refractivity contribution in [3.63, 3.8) is 0 Å². The molecule has 0 unspecified atom stereocenters. The van der Waals surface area contributed by atoms with E-state index in [1.54, 1.807) is 12.1 Å². The molecule has 2 nitrogen and oxygen atoms in total. The monoisotopic (exact) mass is 196 g/mol. The van der Waals surface area contributed by atoms with Gasteiger partial charge in [0, 0.05) is 22.0 Å². The van der Waals surface area contributed by atoms with Crippen LogP contribution in [0.2, 0.25) is 5.02 Å². The summed E-state index contributed by atoms with van der Waals surface area (Å²) < 4.78 is 0. The van der Waals surface area contributed by atoms with Crippen LogP contribution in [-0.4, -0.2) is 5.71 Å². The van der Waals surface area contributed by atoms with Crippen LogP contribution in [0, 0.1) is 12.3 Å². The Labute approximate surface area is 83.2 Å². The lowest BCUT2D eigenvalue weighted by Crippen LogP contribution is -2.04. The first kappa shape index (κ1) is 10.1. The normalized spacial score (nSPS) is 10.1. The molecule has 3 N–H and O–H groups in total. The molecular weight excluding hydrogens is 184 g/mol. The van der Waals surface area contributed by atoms with E-state index in [-0.39, 0.29) is 0 Å². The SMILES string of the molecule is CCC(=N)c1ccc(Cl)c(C)c1N. The van der Waals surface area contributed by atoms with Gasteiger partial charge in [-0.25, -0.2) is 0 Å². The number of nitrogen functional groups attached to an aromatic ring is 1. The van der Waals surface area contributed by atoms with Gasteiger partial charge in [0.25, 0.3) is 0 Å². The van der Waals surface area contributed by atoms with Crippen molar-refractivity contribution in [1.82, 2.24) is 0 Å². The molecule has 1 rings (SSSR count). The second-order valence-electron chi connectivity index (χ2n) is 2.97. The van der Waals surface area contributed by atoms with Crippen molar-refractivity contribution < 1.29 is 0 Å². The molecule has 0 saturated heterocycles. The Kier molecular flexibility index (Phi) is 2.94. The number of hydrogen-bond donors (Lipinski definition) is 2. The highest BCUT2D eigenvalue weighted by Gasteiger charge is 2.08. The topological polar surface area (TPSA) is 49.9 Å². The summed E-state index contributed by atoms with van der Waals surface area (Å²) in [7, 11) is 0. The zero-order valence-electron chi connectivity index (χ0n) is 7.82. The van der Waals surface area contributed by atoms with Crippen molar-refractivity contribution in [2.45, 2.75) is 20.3 Å². The molecule has 0 aliphatic rings. The Morgan fingerprint density at radius 2 is 2.15 bits per heavy atom. The van der Waals surface area contributed by atoms with Gasteiger partial charge < -0.3 is 11.1 Å². The lowest BCUT2D eigenvalue weighted by Gasteiger charge is -2.09. The fraction of sp³-hybridized carbons (Fsp3) is 0.300. The average Bonchev–Trinajstić information content (AvgIpc) is 2.13. The van der Waals surface area contributed by atoms with Crippen molar-refractivity contribution in [3.05, 3.63) is 28.3 Å². The van der Waals surface area contributed by atoms with E-state index in [1.165, 1.54) is 0 Å². The molecule has 0 fully saturated rings. The van der Waals surface area contributed by atoms with Gasteiger partial charge in [-0.1, -0.05) is 18.5 Å². The average molecular weight is 197 g/mol. The minimum Gasteiger partial charge on any atom is -0.398 e. The van der Waals surface area contributed by atoms with E-state index < -0.39 is 0 Å². The molecule has 0 amide bonds. The zero-order valence-corrected chi connectivity index (χ0v) is 8.57. The number of anilines is 1. The van der Waals surface area contributed by atoms with Gasteiger partial charge in [-0.2, -0.15) is 0 Å². The van der Waals surface area contributed by atoms with E-state index in [4.69, 9.17) is 22.7 Å². The molecule has 1 aromatic rings. The Balaban J connectivity index is 3.26. The highest BCUT2D eigenvalue weighted by atomic mass is 35.5. The van der Waals surface area contributed by atoms with Crippen LogP contribution in [0.1, 0.15) is 24.5 Å². The third-order valence-corrected chi connectivity index (χ3v) is 2.54. The maximum absolute atomic E-state index is 7.66. The van der Waals surface area contributed by atoms with Crippen molar-refractivity contribution in [3.8, 4) is 0 Å². The van der Waals surface area contributed by atoms with Gasteiger partial charge in [0.05, 0.1) is 0 Å². The third kappa shape index (κ3) is 1.83. The Morgan fingerprint density at radius 1 is 1.54 bits per heavy atom. The summed E-state index contributed by atoms with van der Waals surface area (Å²) in [4.78, 5) is 0. The zero-order chi connectivity index (χ0) is 10.0. The third-order valence-electron chi connectivity index (χ3n) is 2.13. The first-order chi connectivity index (χ1) is 6.07. The van der Waals surface area contributed by atoms with Crippen LogP contribution in [0.3, 0.4) is 0 Å². The molecule has 0 aromatic heterocycles. The number of nitrogens with one attached hydrogen (secondary N) is 1. The molecule has 3 heteroatoms. The van der Waals surface area contributed by atoms with Gasteiger partial charge in [0.2, 0.25) is 0 Å². The van der Waals surface area contributed by atoms with Crippen molar-refractivity contribution >= 4 is 23.0 Å². The standard InChI is InChI=1S/C10H13ClN2/c1-3-9(12)7-4-5-8(11)6(2)10(7)13/h4-5,12H,3,13H2,1-2H3. The summed E-state index contributed by atoms with van der Waals surface area (Å²) in [5, 5.41) is 8.32. The van der Waals surface area contributed by atoms with Crippen molar-refractivity contribution in [2.75, 3.05) is 5.73 Å². The van der Waals surface area contributed by atoms with Gasteiger partial charge in [-0.15, -0.1) is 0 Å². The van der Waals surface area contributed by atoms with Crippen LogP contribution < -0.4 is 5.73 Å². The van der Waals surface area contributed by atoms with Gasteiger partial charge in [0.1, 0.15) is 0 Å². The van der Waals surface area contributed by atoms with Gasteiger partial charge in [0.15, 0.2) is 0 Å². The highest BCUT2D eigenvalue weighted by molar-refractivity contribution is 6.32. The minimum atomic E-state index is 0.553. The van der Waals surface area contributed by atoms with E-state index in [9.17, 15) is 0 Å². The maximum Gasteiger partial charge on any atom is 0.0456 e. The molecule has 0 saturated carbocycles. The summed E-state index contributed by atoms with van der Waals surface area (Å²) in [5.41, 5.74) is 8.67. The van der Waals surface area contributed by atoms with Gasteiger partial charge >= 0.3 is 0 Å². The smallest absolute Gasteiger partial charge is 0.0456 e. The molecule has 0 atom stereocenters. The molecule has 0 heterocycles. The second-order valence-corrected chi connectivity index (χ2v) is 3.37. The summed E-state index contributed by atoms with van der Waals surface area (Å²) in [5.74, 6) is 0. The number of hydrogen-bond acceptors (Lipinski definition) is 2. The van der Waals surface area contributed by atoms with Gasteiger partial charge in [-0.3, -0.25) is 0 Å². The molecule has 0 radical (unpaired) electrons. The maximum atomic E-state index is 7.66. The van der Waals surface area contributed by atoms with Crippen LogP contribution in [0.15, 0.2) is 12.1 Å². The number of halogens is 1. The second kappa shape index (κ2) is 3.79. The van der Waals surface area contributed by atoms with Gasteiger partial charge in [-0.05, 0) is 31.0 Å². The molecule has 13 heavy (non-hydrogen) atoms. The van der Waals surface area contributed by atoms with Crippen LogP contribution in [-0.2, 0) is 0 Å². The van der Waals surface area contributed by atoms with E-state index in [0.29, 0.717) is 22.8 Å². The Hall–Kier alpha value is -1.02. The van der Waals surface area contributed by atoms with E-state index in [0.717, 1.165) is 11.1 Å². The summed E-state index contributed by atoms with van der Waals surface area (Å²) in [6.45, 7) is 3.80. The lowest BCUT2D eigenvalue weighted by molar-refractivity contribution is 1.24. The van der Waals surface area contributed by atoms with E-state index in [2.05, 4.69) is 0 Å². The minimum absolute atomic E-state index is 0.553. The largest absolute Gasteiger partial charge is 0.398 e. The van der Waals surface area contributed by atoms with Crippen LogP contribution in [0.25, 0.3) is 0 Å². The first-order valence-electron chi connectivity index (χ1n) is 4.20. The predicted octanol–water partition coefficient (Wildman–Crippen LogP) is 3.01. The Bertz CT molecular complexity index is 345. The quantitative estimate of drug-likeness (QED) is 0.555. The highest BCUT2D eigenvalue weighted by Crippen LogP contribution is 2.25. The molecule has 70 valence electrons. The summed E-state index contributed by atoms with van der Waals surface area (Å²) in [6.07, 6.45) is 0.686. The lowest BCUT2D eigenvalue weighted by atomic mass is 10.0. The molecular formula is C10H13ClN2. The van der Waals surface area contributed by atoms with Crippen LogP contribution in [0.5, 0.6) is 0 Å². The summed E-state index contributed by atoms with van der Waals surface area (Å²) in [6, 6.07) is 3.59. The van der Waals surface area contributed by atoms with E-state index >= 15 is 0 Å². The molecule has 1 aromatic carbocycles. The Morgan fingerprint density at radius 3 is 2.69 bits per heavy atom. The molecule has 0 aliphatic heterocycles. The summed E-state index contributed by atoms with van der Waals surface area (Å²) >= 11 is 5.88. The van der Waals surface area contributed by atoms with Crippen LogP contribution in [0.4, 0.5) is 5.69 Å². The number of benzene rings is 1. The fourth-order valence-corrected chi connectivity index (χ4v) is 1.32. The first-order valence-corrected chi connectivity index (χ1v) is 4.58. The van der Waals surface area contributed by atoms with Crippen molar-refractivity contribution in [1.29, 1.82) is 5.41 Å². The predicted molar refractivity (Wildman–Crippen MR) is 57.7 cm³/mol. The number of nitrogens with two attached hydrogens (primary N) is 1. The van der Waals surface area contributed by atoms with Crippen molar-refractivity contribution in [2.24, 2.45) is 0 Å². The molecule has 0 bridgehead atoms. The number of rotatable bonds is 2. The van der Waals surface area contributed by atoms with E-state index in [1.807, 2.05) is 13.8 Å². The fourth-order valence-electron chi connectivity index (χ4n) is 1.16. The molecule has 0 aliphatic carbocycles. The molecule has 0 spiro atoms.